The van der Waals surface area contributed by atoms with Crippen LogP contribution in [0.1, 0.15) is 24.8 Å². The smallest absolute Gasteiger partial charge is 0.227 e. The van der Waals surface area contributed by atoms with Crippen LogP contribution in [0, 0.1) is 5.92 Å². The third-order valence-electron chi connectivity index (χ3n) is 4.38. The van der Waals surface area contributed by atoms with Crippen LogP contribution in [0.4, 0.5) is 5.69 Å². The molecule has 108 valence electrons. The SMILES string of the molecule is NC(CN1C(=O)CCCc2ccccc21)C1CCOC1. The Labute approximate surface area is 119 Å². The van der Waals surface area contributed by atoms with Gasteiger partial charge in [0.2, 0.25) is 5.91 Å². The maximum absolute atomic E-state index is 12.4. The molecule has 1 saturated heterocycles. The van der Waals surface area contributed by atoms with Crippen LogP contribution >= 0.6 is 0 Å². The molecule has 0 saturated carbocycles. The second kappa shape index (κ2) is 5.94. The van der Waals surface area contributed by atoms with Crippen LogP contribution in [0.5, 0.6) is 0 Å². The van der Waals surface area contributed by atoms with E-state index in [0.717, 1.165) is 38.2 Å². The second-order valence-electron chi connectivity index (χ2n) is 5.77. The van der Waals surface area contributed by atoms with Gasteiger partial charge in [-0.2, -0.15) is 0 Å². The van der Waals surface area contributed by atoms with Crippen LogP contribution in [0.15, 0.2) is 24.3 Å². The molecule has 4 nitrogen and oxygen atoms in total. The van der Waals surface area contributed by atoms with E-state index < -0.39 is 0 Å². The Hall–Kier alpha value is -1.39. The first-order valence-corrected chi connectivity index (χ1v) is 7.47. The van der Waals surface area contributed by atoms with Gasteiger partial charge in [-0.15, -0.1) is 0 Å². The Morgan fingerprint density at radius 3 is 3.00 bits per heavy atom. The Morgan fingerprint density at radius 2 is 2.20 bits per heavy atom. The van der Waals surface area contributed by atoms with Gasteiger partial charge < -0.3 is 15.4 Å². The van der Waals surface area contributed by atoms with Gasteiger partial charge in [0.1, 0.15) is 0 Å². The fourth-order valence-corrected chi connectivity index (χ4v) is 3.14. The number of fused-ring (bicyclic) bond motifs is 1. The molecule has 3 rings (SSSR count). The van der Waals surface area contributed by atoms with E-state index in [1.807, 2.05) is 23.1 Å². The number of amides is 1. The third kappa shape index (κ3) is 2.72. The summed E-state index contributed by atoms with van der Waals surface area (Å²) in [5, 5.41) is 0. The molecule has 2 N–H and O–H groups in total. The van der Waals surface area contributed by atoms with E-state index in [9.17, 15) is 4.79 Å². The lowest BCUT2D eigenvalue weighted by atomic mass is 9.99. The van der Waals surface area contributed by atoms with Gasteiger partial charge >= 0.3 is 0 Å². The molecule has 0 radical (unpaired) electrons. The number of carbonyl (C=O) groups excluding carboxylic acids is 1. The molecular weight excluding hydrogens is 252 g/mol. The molecule has 2 atom stereocenters. The lowest BCUT2D eigenvalue weighted by Gasteiger charge is -2.28. The number of anilines is 1. The molecular formula is C16H22N2O2. The minimum atomic E-state index is -0.00685. The Kier molecular flexibility index (Phi) is 4.03. The number of ether oxygens (including phenoxy) is 1. The normalized spacial score (nSPS) is 24.4. The molecule has 2 aliphatic rings. The van der Waals surface area contributed by atoms with E-state index in [1.54, 1.807) is 0 Å². The predicted molar refractivity (Wildman–Crippen MR) is 78.6 cm³/mol. The van der Waals surface area contributed by atoms with Gasteiger partial charge in [0.15, 0.2) is 0 Å². The van der Waals surface area contributed by atoms with E-state index in [0.29, 0.717) is 18.9 Å². The fourth-order valence-electron chi connectivity index (χ4n) is 3.14. The molecule has 0 spiro atoms. The highest BCUT2D eigenvalue weighted by Crippen LogP contribution is 2.28. The Balaban J connectivity index is 1.80. The lowest BCUT2D eigenvalue weighted by Crippen LogP contribution is -2.45. The maximum Gasteiger partial charge on any atom is 0.227 e. The summed E-state index contributed by atoms with van der Waals surface area (Å²) in [7, 11) is 0. The number of benzene rings is 1. The van der Waals surface area contributed by atoms with Crippen LogP contribution in [0.3, 0.4) is 0 Å². The molecule has 0 bridgehead atoms. The Morgan fingerprint density at radius 1 is 1.35 bits per heavy atom. The van der Waals surface area contributed by atoms with Crippen LogP contribution in [-0.4, -0.2) is 31.7 Å². The van der Waals surface area contributed by atoms with Gasteiger partial charge in [0.05, 0.1) is 6.61 Å². The van der Waals surface area contributed by atoms with Crippen LogP contribution in [0.25, 0.3) is 0 Å². The van der Waals surface area contributed by atoms with Crippen LogP contribution in [-0.2, 0) is 16.0 Å². The standard InChI is InChI=1S/C16H22N2O2/c17-14(13-8-9-20-11-13)10-18-15-6-2-1-4-12(15)5-3-7-16(18)19/h1-2,4,6,13-14H,3,5,7-11,17H2. The fraction of sp³-hybridized carbons (Fsp3) is 0.562. The largest absolute Gasteiger partial charge is 0.381 e. The van der Waals surface area contributed by atoms with E-state index in [-0.39, 0.29) is 11.9 Å². The van der Waals surface area contributed by atoms with E-state index in [2.05, 4.69) is 6.07 Å². The Bertz CT molecular complexity index is 483. The summed E-state index contributed by atoms with van der Waals surface area (Å²) < 4.78 is 5.40. The summed E-state index contributed by atoms with van der Waals surface area (Å²) in [6, 6.07) is 8.18. The molecule has 0 aliphatic carbocycles. The van der Waals surface area contributed by atoms with Crippen molar-refractivity contribution >= 4 is 11.6 Å². The van der Waals surface area contributed by atoms with Crippen molar-refractivity contribution in [3.63, 3.8) is 0 Å². The van der Waals surface area contributed by atoms with E-state index in [4.69, 9.17) is 10.5 Å². The zero-order valence-electron chi connectivity index (χ0n) is 11.8. The van der Waals surface area contributed by atoms with Gasteiger partial charge in [-0.3, -0.25) is 4.79 Å². The zero-order valence-corrected chi connectivity index (χ0v) is 11.8. The molecule has 1 aromatic carbocycles. The monoisotopic (exact) mass is 274 g/mol. The van der Waals surface area contributed by atoms with Gasteiger partial charge in [0.25, 0.3) is 0 Å². The van der Waals surface area contributed by atoms with Crippen molar-refractivity contribution < 1.29 is 9.53 Å². The molecule has 0 aromatic heterocycles. The molecule has 2 aliphatic heterocycles. The summed E-state index contributed by atoms with van der Waals surface area (Å²) in [6.07, 6.45) is 3.52. The lowest BCUT2D eigenvalue weighted by molar-refractivity contribution is -0.118. The van der Waals surface area contributed by atoms with Gasteiger partial charge in [-0.25, -0.2) is 0 Å². The minimum Gasteiger partial charge on any atom is -0.381 e. The number of para-hydroxylation sites is 1. The van der Waals surface area contributed by atoms with Crippen molar-refractivity contribution in [1.82, 2.24) is 0 Å². The number of hydrogen-bond acceptors (Lipinski definition) is 3. The van der Waals surface area contributed by atoms with Crippen LogP contribution in [0.2, 0.25) is 0 Å². The number of nitrogens with zero attached hydrogens (tertiary/aromatic N) is 1. The quantitative estimate of drug-likeness (QED) is 0.913. The van der Waals surface area contributed by atoms with Crippen molar-refractivity contribution in [2.24, 2.45) is 11.7 Å². The topological polar surface area (TPSA) is 55.6 Å². The highest BCUT2D eigenvalue weighted by atomic mass is 16.5. The number of carbonyl (C=O) groups is 1. The first-order chi connectivity index (χ1) is 9.75. The molecule has 2 heterocycles. The van der Waals surface area contributed by atoms with Crippen molar-refractivity contribution in [1.29, 1.82) is 0 Å². The molecule has 1 aromatic rings. The summed E-state index contributed by atoms with van der Waals surface area (Å²) in [6.45, 7) is 2.12. The minimum absolute atomic E-state index is 0.00685. The second-order valence-corrected chi connectivity index (χ2v) is 5.77. The molecule has 2 unspecified atom stereocenters. The van der Waals surface area contributed by atoms with Crippen molar-refractivity contribution in [3.8, 4) is 0 Å². The van der Waals surface area contributed by atoms with Gasteiger partial charge in [-0.05, 0) is 30.9 Å². The van der Waals surface area contributed by atoms with E-state index >= 15 is 0 Å². The average Bonchev–Trinajstić information content (AvgIpc) is 2.94. The summed E-state index contributed by atoms with van der Waals surface area (Å²) in [5.74, 6) is 0.572. The summed E-state index contributed by atoms with van der Waals surface area (Å²) in [5.41, 5.74) is 8.61. The average molecular weight is 274 g/mol. The first-order valence-electron chi connectivity index (χ1n) is 7.47. The molecule has 20 heavy (non-hydrogen) atoms. The number of nitrogens with two attached hydrogens (primary N) is 1. The number of rotatable bonds is 3. The summed E-state index contributed by atoms with van der Waals surface area (Å²) >= 11 is 0. The molecule has 4 heteroatoms. The highest BCUT2D eigenvalue weighted by Gasteiger charge is 2.28. The van der Waals surface area contributed by atoms with Crippen molar-refractivity contribution in [2.75, 3.05) is 24.7 Å². The van der Waals surface area contributed by atoms with Crippen molar-refractivity contribution in [2.45, 2.75) is 31.7 Å². The highest BCUT2D eigenvalue weighted by molar-refractivity contribution is 5.94. The van der Waals surface area contributed by atoms with E-state index in [1.165, 1.54) is 5.56 Å². The van der Waals surface area contributed by atoms with Gasteiger partial charge in [-0.1, -0.05) is 18.2 Å². The molecule has 1 amide bonds. The van der Waals surface area contributed by atoms with Crippen LogP contribution < -0.4 is 10.6 Å². The first kappa shape index (κ1) is 13.6. The summed E-state index contributed by atoms with van der Waals surface area (Å²) in [4.78, 5) is 14.3. The maximum atomic E-state index is 12.4. The van der Waals surface area contributed by atoms with Crippen molar-refractivity contribution in [3.05, 3.63) is 29.8 Å². The predicted octanol–water partition coefficient (Wildman–Crippen LogP) is 1.72. The zero-order chi connectivity index (χ0) is 13.9. The number of aryl methyl sites for hydroxylation is 1. The van der Waals surface area contributed by atoms with Gasteiger partial charge in [0, 0.05) is 37.2 Å². The third-order valence-corrected chi connectivity index (χ3v) is 4.38. The number of hydrogen-bond donors (Lipinski definition) is 1. The molecule has 1 fully saturated rings.